The van der Waals surface area contributed by atoms with E-state index in [1.807, 2.05) is 35.8 Å². The van der Waals surface area contributed by atoms with Crippen LogP contribution in [0.25, 0.3) is 10.6 Å². The molecule has 1 N–H and O–H groups in total. The molecule has 0 amide bonds. The summed E-state index contributed by atoms with van der Waals surface area (Å²) in [4.78, 5) is 20.5. The third-order valence-corrected chi connectivity index (χ3v) is 7.29. The van der Waals surface area contributed by atoms with E-state index in [2.05, 4.69) is 21.0 Å². The average Bonchev–Trinajstić information content (AvgIpc) is 3.26. The summed E-state index contributed by atoms with van der Waals surface area (Å²) in [5.41, 5.74) is 0.772. The van der Waals surface area contributed by atoms with Crippen LogP contribution in [0, 0.1) is 0 Å². The van der Waals surface area contributed by atoms with Crippen LogP contribution in [0.4, 0.5) is 0 Å². The molecule has 2 aliphatic heterocycles. The summed E-state index contributed by atoms with van der Waals surface area (Å²) < 4.78 is 1.46. The highest BCUT2D eigenvalue weighted by Crippen LogP contribution is 2.40. The van der Waals surface area contributed by atoms with Crippen LogP contribution < -0.4 is 5.56 Å². The number of aromatic nitrogens is 3. The minimum absolute atomic E-state index is 0.162. The Morgan fingerprint density at radius 2 is 1.93 bits per heavy atom. The number of rotatable bonds is 5. The van der Waals surface area contributed by atoms with E-state index in [1.54, 1.807) is 23.5 Å². The molecule has 0 unspecified atom stereocenters. The monoisotopic (exact) mass is 422 g/mol. The molecule has 0 spiro atoms. The molecule has 3 aromatic heterocycles. The largest absolute Gasteiger partial charge is 0.388 e. The molecular weight excluding hydrogens is 396 g/mol. The minimum atomic E-state index is -0.915. The first kappa shape index (κ1) is 19.6. The summed E-state index contributed by atoms with van der Waals surface area (Å²) in [6.07, 6.45) is 6.49. The molecular formula is C23H26N4O2S. The van der Waals surface area contributed by atoms with E-state index in [0.717, 1.165) is 35.7 Å². The molecule has 7 heteroatoms. The van der Waals surface area contributed by atoms with Crippen LogP contribution in [-0.2, 0) is 13.1 Å². The molecule has 2 aliphatic rings. The Labute approximate surface area is 179 Å². The molecule has 30 heavy (non-hydrogen) atoms. The second kappa shape index (κ2) is 8.06. The van der Waals surface area contributed by atoms with Crippen molar-refractivity contribution in [2.45, 2.75) is 62.9 Å². The lowest BCUT2D eigenvalue weighted by molar-refractivity contribution is -0.105. The van der Waals surface area contributed by atoms with Gasteiger partial charge in [-0.1, -0.05) is 18.6 Å². The van der Waals surface area contributed by atoms with Gasteiger partial charge < -0.3 is 5.11 Å². The van der Waals surface area contributed by atoms with Gasteiger partial charge in [0, 0.05) is 30.9 Å². The fourth-order valence-corrected chi connectivity index (χ4v) is 5.77. The highest BCUT2D eigenvalue weighted by Gasteiger charge is 2.45. The van der Waals surface area contributed by atoms with Gasteiger partial charge in [-0.3, -0.25) is 14.7 Å². The molecule has 6 nitrogen and oxygen atoms in total. The number of aliphatic hydroxyl groups is 1. The maximum atomic E-state index is 12.5. The maximum Gasteiger partial charge on any atom is 0.266 e. The third-order valence-electron chi connectivity index (χ3n) is 6.40. The van der Waals surface area contributed by atoms with Gasteiger partial charge in [-0.05, 0) is 55.3 Å². The van der Waals surface area contributed by atoms with Crippen molar-refractivity contribution in [2.24, 2.45) is 0 Å². The highest BCUT2D eigenvalue weighted by molar-refractivity contribution is 7.13. The lowest BCUT2D eigenvalue weighted by Crippen LogP contribution is -2.59. The van der Waals surface area contributed by atoms with Crippen molar-refractivity contribution in [2.75, 3.05) is 0 Å². The van der Waals surface area contributed by atoms with Crippen molar-refractivity contribution in [3.05, 3.63) is 70.1 Å². The Bertz CT molecular complexity index is 1040. The van der Waals surface area contributed by atoms with Gasteiger partial charge in [0.25, 0.3) is 5.56 Å². The number of hydrogen-bond acceptors (Lipinski definition) is 6. The van der Waals surface area contributed by atoms with Gasteiger partial charge in [-0.25, -0.2) is 4.68 Å². The maximum absolute atomic E-state index is 12.5. The van der Waals surface area contributed by atoms with E-state index in [0.29, 0.717) is 24.9 Å². The zero-order valence-corrected chi connectivity index (χ0v) is 17.7. The standard InChI is InChI=1S/C23H26N4O2S/c28-22-10-9-20(21-8-4-12-30-21)25-27(22)16-23(29)13-18-6-3-7-19(14-23)26(18)15-17-5-1-2-11-24-17/h1-2,4-5,8-12,18-19,29H,3,6-7,13-16H2/t18-,19-/m1/s1. The minimum Gasteiger partial charge on any atom is -0.388 e. The number of nitrogens with zero attached hydrogens (tertiary/aromatic N) is 4. The Morgan fingerprint density at radius 3 is 2.63 bits per heavy atom. The van der Waals surface area contributed by atoms with Crippen molar-refractivity contribution in [3.63, 3.8) is 0 Å². The van der Waals surface area contributed by atoms with Crippen LogP contribution in [0.2, 0.25) is 0 Å². The van der Waals surface area contributed by atoms with E-state index in [-0.39, 0.29) is 12.1 Å². The van der Waals surface area contributed by atoms with E-state index in [1.165, 1.54) is 11.1 Å². The van der Waals surface area contributed by atoms with Crippen LogP contribution in [0.3, 0.4) is 0 Å². The van der Waals surface area contributed by atoms with Crippen LogP contribution in [-0.4, -0.2) is 42.5 Å². The van der Waals surface area contributed by atoms with Crippen molar-refractivity contribution < 1.29 is 5.11 Å². The third kappa shape index (κ3) is 3.97. The molecule has 0 aliphatic carbocycles. The predicted octanol–water partition coefficient (Wildman–Crippen LogP) is 3.32. The predicted molar refractivity (Wildman–Crippen MR) is 117 cm³/mol. The first-order valence-electron chi connectivity index (χ1n) is 10.6. The lowest BCUT2D eigenvalue weighted by Gasteiger charge is -2.52. The first-order chi connectivity index (χ1) is 14.6. The topological polar surface area (TPSA) is 71.2 Å². The van der Waals surface area contributed by atoms with Gasteiger partial charge in [-0.15, -0.1) is 11.3 Å². The normalized spacial score (nSPS) is 26.6. The smallest absolute Gasteiger partial charge is 0.266 e. The number of piperidine rings is 2. The summed E-state index contributed by atoms with van der Waals surface area (Å²) in [6.45, 7) is 1.06. The van der Waals surface area contributed by atoms with Crippen LogP contribution in [0.15, 0.2) is 58.8 Å². The second-order valence-electron chi connectivity index (χ2n) is 8.56. The molecule has 3 aromatic rings. The van der Waals surface area contributed by atoms with Gasteiger partial charge in [0.2, 0.25) is 0 Å². The van der Waals surface area contributed by atoms with Crippen molar-refractivity contribution >= 4 is 11.3 Å². The number of fused-ring (bicyclic) bond motifs is 2. The fraction of sp³-hybridized carbons (Fsp3) is 0.435. The first-order valence-corrected chi connectivity index (χ1v) is 11.5. The highest BCUT2D eigenvalue weighted by atomic mass is 32.1. The summed E-state index contributed by atoms with van der Waals surface area (Å²) in [6, 6.07) is 13.9. The summed E-state index contributed by atoms with van der Waals surface area (Å²) in [7, 11) is 0. The molecule has 156 valence electrons. The van der Waals surface area contributed by atoms with Gasteiger partial charge in [0.05, 0.1) is 22.7 Å². The quantitative estimate of drug-likeness (QED) is 0.683. The van der Waals surface area contributed by atoms with Gasteiger partial charge in [0.1, 0.15) is 5.69 Å². The molecule has 0 radical (unpaired) electrons. The number of thiophene rings is 1. The van der Waals surface area contributed by atoms with Crippen molar-refractivity contribution in [3.8, 4) is 10.6 Å². The summed E-state index contributed by atoms with van der Waals surface area (Å²) >= 11 is 1.60. The Kier molecular flexibility index (Phi) is 5.26. The van der Waals surface area contributed by atoms with E-state index in [4.69, 9.17) is 0 Å². The average molecular weight is 423 g/mol. The SMILES string of the molecule is O=c1ccc(-c2cccs2)nn1CC1(O)C[C@H]2CCC[C@H](C1)N2Cc1ccccn1. The lowest BCUT2D eigenvalue weighted by atomic mass is 9.75. The molecule has 2 bridgehead atoms. The van der Waals surface area contributed by atoms with Gasteiger partial charge in [-0.2, -0.15) is 5.10 Å². The molecule has 2 atom stereocenters. The Balaban J connectivity index is 1.36. The van der Waals surface area contributed by atoms with E-state index < -0.39 is 5.60 Å². The van der Waals surface area contributed by atoms with Gasteiger partial charge in [0.15, 0.2) is 0 Å². The summed E-state index contributed by atoms with van der Waals surface area (Å²) in [5, 5.41) is 18.1. The van der Waals surface area contributed by atoms with Crippen molar-refractivity contribution in [1.82, 2.24) is 19.7 Å². The van der Waals surface area contributed by atoms with E-state index in [9.17, 15) is 9.90 Å². The molecule has 5 rings (SSSR count). The molecule has 2 fully saturated rings. The molecule has 0 saturated carbocycles. The number of hydrogen-bond donors (Lipinski definition) is 1. The zero-order valence-electron chi connectivity index (χ0n) is 16.9. The second-order valence-corrected chi connectivity index (χ2v) is 9.50. The molecule has 5 heterocycles. The Morgan fingerprint density at radius 1 is 1.10 bits per heavy atom. The van der Waals surface area contributed by atoms with Gasteiger partial charge >= 0.3 is 0 Å². The summed E-state index contributed by atoms with van der Waals surface area (Å²) in [5.74, 6) is 0. The molecule has 0 aromatic carbocycles. The number of pyridine rings is 1. The van der Waals surface area contributed by atoms with Crippen LogP contribution >= 0.6 is 11.3 Å². The van der Waals surface area contributed by atoms with Crippen LogP contribution in [0.5, 0.6) is 0 Å². The van der Waals surface area contributed by atoms with Crippen molar-refractivity contribution in [1.29, 1.82) is 0 Å². The van der Waals surface area contributed by atoms with Crippen LogP contribution in [0.1, 0.15) is 37.8 Å². The molecule has 2 saturated heterocycles. The zero-order chi connectivity index (χ0) is 20.6. The fourth-order valence-electron chi connectivity index (χ4n) is 5.08. The Hall–Kier alpha value is -2.35. The van der Waals surface area contributed by atoms with E-state index >= 15 is 0 Å².